The lowest BCUT2D eigenvalue weighted by atomic mass is 9.93. The van der Waals surface area contributed by atoms with Crippen molar-refractivity contribution in [3.05, 3.63) is 65.9 Å². The van der Waals surface area contributed by atoms with Crippen LogP contribution in [0.4, 0.5) is 15.0 Å². The van der Waals surface area contributed by atoms with Crippen LogP contribution in [-0.4, -0.2) is 62.5 Å². The average molecular weight is 637 g/mol. The van der Waals surface area contributed by atoms with E-state index >= 15 is 0 Å². The fourth-order valence-electron chi connectivity index (χ4n) is 5.42. The Labute approximate surface area is 257 Å². The molecule has 1 saturated heterocycles. The number of hydroxylamine groups is 2. The SMILES string of the molecule is Cc1ccc(S(=O)(=O)n2cc(-c3ncc(C)c(N[C@H]4CCC[C@@H](OC(=O)ON5C(=O)CCC5=O)C4)n3)c3cc(F)cnc32)cc1. The van der Waals surface area contributed by atoms with E-state index in [1.54, 1.807) is 25.3 Å². The van der Waals surface area contributed by atoms with Crippen LogP contribution in [-0.2, 0) is 29.2 Å². The minimum absolute atomic E-state index is 0.0175. The van der Waals surface area contributed by atoms with Crippen molar-refractivity contribution in [2.75, 3.05) is 5.32 Å². The molecule has 0 unspecified atom stereocenters. The molecule has 0 spiro atoms. The maximum absolute atomic E-state index is 14.4. The van der Waals surface area contributed by atoms with Crippen molar-refractivity contribution < 1.29 is 36.8 Å². The van der Waals surface area contributed by atoms with Gasteiger partial charge >= 0.3 is 6.16 Å². The van der Waals surface area contributed by atoms with Crippen LogP contribution in [0.1, 0.15) is 49.7 Å². The molecule has 4 heterocycles. The van der Waals surface area contributed by atoms with Crippen molar-refractivity contribution in [3.8, 4) is 11.4 Å². The number of hydrogen-bond acceptors (Lipinski definition) is 11. The number of nitrogens with one attached hydrogen (secondary N) is 1. The Kier molecular flexibility index (Phi) is 7.95. The van der Waals surface area contributed by atoms with E-state index in [2.05, 4.69) is 20.3 Å². The fourth-order valence-corrected chi connectivity index (χ4v) is 6.75. The van der Waals surface area contributed by atoms with Gasteiger partial charge in [0.1, 0.15) is 17.7 Å². The zero-order valence-electron chi connectivity index (χ0n) is 24.4. The van der Waals surface area contributed by atoms with E-state index in [-0.39, 0.29) is 46.2 Å². The number of carbonyl (C=O) groups excluding carboxylic acids is 3. The highest BCUT2D eigenvalue weighted by atomic mass is 32.2. The molecule has 2 fully saturated rings. The van der Waals surface area contributed by atoms with Gasteiger partial charge in [-0.2, -0.15) is 0 Å². The maximum atomic E-state index is 14.4. The number of carbonyl (C=O) groups is 3. The third-order valence-electron chi connectivity index (χ3n) is 7.77. The Morgan fingerprint density at radius 3 is 2.51 bits per heavy atom. The third-order valence-corrected chi connectivity index (χ3v) is 9.43. The molecular weight excluding hydrogens is 607 g/mol. The van der Waals surface area contributed by atoms with E-state index in [9.17, 15) is 27.2 Å². The summed E-state index contributed by atoms with van der Waals surface area (Å²) in [6.07, 6.45) is 4.60. The number of imide groups is 1. The number of fused-ring (bicyclic) bond motifs is 1. The first-order valence-electron chi connectivity index (χ1n) is 14.3. The third kappa shape index (κ3) is 6.07. The summed E-state index contributed by atoms with van der Waals surface area (Å²) in [5.74, 6) is -1.21. The van der Waals surface area contributed by atoms with Crippen LogP contribution >= 0.6 is 0 Å². The van der Waals surface area contributed by atoms with Crippen LogP contribution in [0.25, 0.3) is 22.4 Å². The molecule has 1 N–H and O–H groups in total. The Hall–Kier alpha value is -4.92. The number of pyridine rings is 1. The summed E-state index contributed by atoms with van der Waals surface area (Å²) in [4.78, 5) is 53.8. The zero-order chi connectivity index (χ0) is 31.9. The van der Waals surface area contributed by atoms with Crippen LogP contribution in [0.15, 0.2) is 53.8 Å². The quantitative estimate of drug-likeness (QED) is 0.226. The van der Waals surface area contributed by atoms with E-state index < -0.39 is 39.9 Å². The molecule has 4 aromatic rings. The van der Waals surface area contributed by atoms with Gasteiger partial charge in [0.05, 0.1) is 11.1 Å². The fraction of sp³-hybridized carbons (Fsp3) is 0.333. The summed E-state index contributed by atoms with van der Waals surface area (Å²) in [6.45, 7) is 3.65. The van der Waals surface area contributed by atoms with Gasteiger partial charge < -0.3 is 10.1 Å². The van der Waals surface area contributed by atoms with E-state index in [4.69, 9.17) is 9.57 Å². The molecule has 2 aliphatic rings. The summed E-state index contributed by atoms with van der Waals surface area (Å²) in [5, 5.41) is 4.02. The predicted molar refractivity (Wildman–Crippen MR) is 158 cm³/mol. The molecule has 15 heteroatoms. The van der Waals surface area contributed by atoms with Gasteiger partial charge in [-0.05, 0) is 51.3 Å². The molecule has 3 aromatic heterocycles. The first kappa shape index (κ1) is 30.1. The van der Waals surface area contributed by atoms with Crippen LogP contribution < -0.4 is 5.32 Å². The Balaban J connectivity index is 1.24. The number of aromatic nitrogens is 4. The van der Waals surface area contributed by atoms with Crippen LogP contribution in [0.3, 0.4) is 0 Å². The van der Waals surface area contributed by atoms with Gasteiger partial charge in [-0.3, -0.25) is 14.4 Å². The molecule has 2 atom stereocenters. The first-order chi connectivity index (χ1) is 21.5. The molecule has 13 nitrogen and oxygen atoms in total. The van der Waals surface area contributed by atoms with Gasteiger partial charge in [0, 0.05) is 54.2 Å². The highest BCUT2D eigenvalue weighted by Gasteiger charge is 2.35. The van der Waals surface area contributed by atoms with Crippen LogP contribution in [0, 0.1) is 19.7 Å². The molecule has 1 aromatic carbocycles. The normalized spacial score (nSPS) is 18.8. The van der Waals surface area contributed by atoms with Crippen molar-refractivity contribution in [2.45, 2.75) is 69.4 Å². The van der Waals surface area contributed by atoms with E-state index in [1.807, 2.05) is 6.92 Å². The molecule has 0 radical (unpaired) electrons. The van der Waals surface area contributed by atoms with Crippen molar-refractivity contribution >= 4 is 44.8 Å². The second-order valence-corrected chi connectivity index (χ2v) is 12.9. The molecule has 45 heavy (non-hydrogen) atoms. The Bertz CT molecular complexity index is 1910. The molecule has 6 rings (SSSR count). The summed E-state index contributed by atoms with van der Waals surface area (Å²) in [7, 11) is -4.08. The zero-order valence-corrected chi connectivity index (χ0v) is 25.2. The lowest BCUT2D eigenvalue weighted by molar-refractivity contribution is -0.179. The number of anilines is 1. The minimum atomic E-state index is -4.08. The minimum Gasteiger partial charge on any atom is -0.429 e. The van der Waals surface area contributed by atoms with Crippen molar-refractivity contribution in [3.63, 3.8) is 0 Å². The summed E-state index contributed by atoms with van der Waals surface area (Å²) < 4.78 is 48.0. The summed E-state index contributed by atoms with van der Waals surface area (Å²) >= 11 is 0. The first-order valence-corrected chi connectivity index (χ1v) is 15.8. The van der Waals surface area contributed by atoms with Gasteiger partial charge in [0.25, 0.3) is 21.8 Å². The number of amides is 2. The highest BCUT2D eigenvalue weighted by Crippen LogP contribution is 2.33. The molecular formula is C30H29FN6O7S. The van der Waals surface area contributed by atoms with E-state index in [0.717, 1.165) is 22.2 Å². The second kappa shape index (κ2) is 11.9. The number of aryl methyl sites for hydroxylation is 2. The van der Waals surface area contributed by atoms with Crippen molar-refractivity contribution in [1.82, 2.24) is 24.0 Å². The van der Waals surface area contributed by atoms with Crippen molar-refractivity contribution in [1.29, 1.82) is 0 Å². The number of rotatable bonds is 7. The smallest absolute Gasteiger partial charge is 0.429 e. The second-order valence-electron chi connectivity index (χ2n) is 11.1. The van der Waals surface area contributed by atoms with Gasteiger partial charge in [-0.15, -0.1) is 0 Å². The maximum Gasteiger partial charge on any atom is 0.534 e. The molecule has 1 aliphatic heterocycles. The molecule has 2 amide bonds. The van der Waals surface area contributed by atoms with Crippen LogP contribution in [0.2, 0.25) is 0 Å². The molecule has 234 valence electrons. The summed E-state index contributed by atoms with van der Waals surface area (Å²) in [6, 6.07) is 7.39. The monoisotopic (exact) mass is 636 g/mol. The van der Waals surface area contributed by atoms with Crippen LogP contribution in [0.5, 0.6) is 0 Å². The van der Waals surface area contributed by atoms with Gasteiger partial charge in [0.2, 0.25) is 0 Å². The lowest BCUT2D eigenvalue weighted by Gasteiger charge is -2.30. The highest BCUT2D eigenvalue weighted by molar-refractivity contribution is 7.90. The number of benzene rings is 1. The van der Waals surface area contributed by atoms with Gasteiger partial charge in [-0.25, -0.2) is 36.5 Å². The van der Waals surface area contributed by atoms with Crippen molar-refractivity contribution in [2.24, 2.45) is 0 Å². The number of hydrogen-bond donors (Lipinski definition) is 1. The molecule has 0 bridgehead atoms. The standard InChI is InChI=1S/C30H29FN6O7S/c1-17-6-8-22(9-7-17)45(41,42)36-16-24(23-12-19(31)15-33-29(23)36)28-32-14-18(2)27(35-28)34-20-4-3-5-21(13-20)43-30(40)44-37-25(38)10-11-26(37)39/h6-9,12,14-16,20-21H,3-5,10-11,13H2,1-2H3,(H,32,34,35)/t20-,21+/m0/s1. The lowest BCUT2D eigenvalue weighted by Crippen LogP contribution is -2.36. The Morgan fingerprint density at radius 2 is 1.78 bits per heavy atom. The van der Waals surface area contributed by atoms with E-state index in [1.165, 1.54) is 24.4 Å². The predicted octanol–water partition coefficient (Wildman–Crippen LogP) is 4.43. The average Bonchev–Trinajstić information content (AvgIpc) is 3.54. The molecule has 1 saturated carbocycles. The largest absolute Gasteiger partial charge is 0.534 e. The topological polar surface area (TPSA) is 163 Å². The number of ether oxygens (including phenoxy) is 1. The van der Waals surface area contributed by atoms with E-state index in [0.29, 0.717) is 35.7 Å². The Morgan fingerprint density at radius 1 is 1.04 bits per heavy atom. The number of nitrogens with zero attached hydrogens (tertiary/aromatic N) is 5. The number of halogens is 1. The van der Waals surface area contributed by atoms with Gasteiger partial charge in [0.15, 0.2) is 11.5 Å². The van der Waals surface area contributed by atoms with Gasteiger partial charge in [-0.1, -0.05) is 22.8 Å². The molecule has 1 aliphatic carbocycles. The summed E-state index contributed by atoms with van der Waals surface area (Å²) in [5.41, 5.74) is 1.90.